The Labute approximate surface area is 132 Å². The fourth-order valence-electron chi connectivity index (χ4n) is 3.09. The number of hydrogen-bond donors (Lipinski definition) is 1. The smallest absolute Gasteiger partial charge is 0.156 e. The van der Waals surface area contributed by atoms with E-state index in [1.165, 1.54) is 24.8 Å². The molecule has 3 rings (SSSR count). The zero-order valence-electron chi connectivity index (χ0n) is 13.0. The van der Waals surface area contributed by atoms with Crippen molar-refractivity contribution < 1.29 is 0 Å². The molecule has 1 N–H and O–H groups in total. The average Bonchev–Trinajstić information content (AvgIpc) is 2.86. The second kappa shape index (κ2) is 6.41. The van der Waals surface area contributed by atoms with Crippen LogP contribution in [0.4, 0.5) is 0 Å². The quantitative estimate of drug-likeness (QED) is 0.906. The van der Waals surface area contributed by atoms with Crippen molar-refractivity contribution in [3.05, 3.63) is 35.9 Å². The van der Waals surface area contributed by atoms with Crippen molar-refractivity contribution in [1.29, 1.82) is 0 Å². The van der Waals surface area contributed by atoms with Gasteiger partial charge in [-0.15, -0.1) is 0 Å². The first-order valence-corrected chi connectivity index (χ1v) is 8.82. The number of thioether (sulfide) groups is 1. The van der Waals surface area contributed by atoms with Gasteiger partial charge in [0.25, 0.3) is 0 Å². The molecule has 2 aliphatic rings. The standard InChI is InChI=1S/C17H25N3S/c1-20(2)17(9-6-10-17)13-18-16-19-15(12-21-16)11-14-7-4-3-5-8-14/h3-5,7-8,15H,6,9-13H2,1-2H3,(H,18,19). The summed E-state index contributed by atoms with van der Waals surface area (Å²) < 4.78 is 0. The third-order valence-corrected chi connectivity index (χ3v) is 5.91. The van der Waals surface area contributed by atoms with Gasteiger partial charge >= 0.3 is 0 Å². The van der Waals surface area contributed by atoms with Gasteiger partial charge in [-0.05, 0) is 45.3 Å². The lowest BCUT2D eigenvalue weighted by atomic mass is 9.76. The first-order valence-electron chi connectivity index (χ1n) is 7.83. The minimum Gasteiger partial charge on any atom is -0.361 e. The van der Waals surface area contributed by atoms with Crippen molar-refractivity contribution in [2.75, 3.05) is 26.4 Å². The van der Waals surface area contributed by atoms with Crippen molar-refractivity contribution in [3.63, 3.8) is 0 Å². The highest BCUT2D eigenvalue weighted by Gasteiger charge is 2.39. The van der Waals surface area contributed by atoms with E-state index in [4.69, 9.17) is 4.99 Å². The highest BCUT2D eigenvalue weighted by Crippen LogP contribution is 2.36. The molecule has 1 aliphatic carbocycles. The van der Waals surface area contributed by atoms with Gasteiger partial charge in [0.1, 0.15) is 0 Å². The fourth-order valence-corrected chi connectivity index (χ4v) is 4.05. The van der Waals surface area contributed by atoms with Crippen LogP contribution >= 0.6 is 11.8 Å². The lowest BCUT2D eigenvalue weighted by molar-refractivity contribution is 0.0700. The van der Waals surface area contributed by atoms with E-state index < -0.39 is 0 Å². The van der Waals surface area contributed by atoms with E-state index >= 15 is 0 Å². The Bertz CT molecular complexity index is 494. The molecule has 1 atom stereocenters. The summed E-state index contributed by atoms with van der Waals surface area (Å²) in [5.41, 5.74) is 1.73. The summed E-state index contributed by atoms with van der Waals surface area (Å²) >= 11 is 1.88. The van der Waals surface area contributed by atoms with Gasteiger partial charge in [-0.2, -0.15) is 0 Å². The molecule has 4 heteroatoms. The second-order valence-electron chi connectivity index (χ2n) is 6.44. The van der Waals surface area contributed by atoms with Crippen LogP contribution in [0.2, 0.25) is 0 Å². The van der Waals surface area contributed by atoms with E-state index in [-0.39, 0.29) is 0 Å². The van der Waals surface area contributed by atoms with Crippen molar-refractivity contribution in [2.45, 2.75) is 37.3 Å². The first-order chi connectivity index (χ1) is 10.2. The SMILES string of the molecule is CN(C)C1(CN=C2NC(Cc3ccccc3)CS2)CCC1. The number of nitrogens with zero attached hydrogens (tertiary/aromatic N) is 2. The molecule has 1 saturated heterocycles. The molecule has 3 nitrogen and oxygen atoms in total. The molecule has 0 spiro atoms. The van der Waals surface area contributed by atoms with Crippen LogP contribution in [0.25, 0.3) is 0 Å². The molecule has 2 fully saturated rings. The van der Waals surface area contributed by atoms with Crippen molar-refractivity contribution in [1.82, 2.24) is 10.2 Å². The van der Waals surface area contributed by atoms with E-state index in [1.54, 1.807) is 0 Å². The monoisotopic (exact) mass is 303 g/mol. The minimum atomic E-state index is 0.326. The Morgan fingerprint density at radius 1 is 1.29 bits per heavy atom. The molecule has 1 heterocycles. The molecule has 0 bridgehead atoms. The van der Waals surface area contributed by atoms with Gasteiger partial charge in [0.15, 0.2) is 5.17 Å². The van der Waals surface area contributed by atoms with Gasteiger partial charge in [0, 0.05) is 17.3 Å². The normalized spacial score (nSPS) is 25.9. The molecule has 1 saturated carbocycles. The number of likely N-dealkylation sites (N-methyl/N-ethyl adjacent to an activating group) is 1. The maximum atomic E-state index is 4.86. The Morgan fingerprint density at radius 2 is 2.05 bits per heavy atom. The molecule has 21 heavy (non-hydrogen) atoms. The van der Waals surface area contributed by atoms with E-state index in [2.05, 4.69) is 54.6 Å². The number of benzene rings is 1. The molecule has 0 radical (unpaired) electrons. The number of rotatable bonds is 5. The summed E-state index contributed by atoms with van der Waals surface area (Å²) in [6, 6.07) is 11.2. The van der Waals surface area contributed by atoms with E-state index in [0.717, 1.165) is 23.9 Å². The minimum absolute atomic E-state index is 0.326. The molecule has 0 aromatic heterocycles. The lowest BCUT2D eigenvalue weighted by Crippen LogP contribution is -2.52. The van der Waals surface area contributed by atoms with Gasteiger partial charge in [0.05, 0.1) is 6.54 Å². The Hall–Kier alpha value is -1.00. The summed E-state index contributed by atoms with van der Waals surface area (Å²) in [6.07, 6.45) is 5.01. The van der Waals surface area contributed by atoms with Crippen LogP contribution in [0.1, 0.15) is 24.8 Å². The van der Waals surface area contributed by atoms with Crippen LogP contribution in [0.5, 0.6) is 0 Å². The van der Waals surface area contributed by atoms with Gasteiger partial charge in [-0.1, -0.05) is 42.1 Å². The number of nitrogens with one attached hydrogen (secondary N) is 1. The van der Waals surface area contributed by atoms with Crippen molar-refractivity contribution in [3.8, 4) is 0 Å². The van der Waals surface area contributed by atoms with Crippen LogP contribution in [0, 0.1) is 0 Å². The molecular weight excluding hydrogens is 278 g/mol. The zero-order chi connectivity index (χ0) is 14.7. The Morgan fingerprint density at radius 3 is 2.67 bits per heavy atom. The van der Waals surface area contributed by atoms with Crippen LogP contribution in [0.3, 0.4) is 0 Å². The van der Waals surface area contributed by atoms with Gasteiger partial charge in [0.2, 0.25) is 0 Å². The molecule has 1 aromatic carbocycles. The lowest BCUT2D eigenvalue weighted by Gasteiger charge is -2.46. The predicted octanol–water partition coefficient (Wildman–Crippen LogP) is 2.77. The molecule has 1 unspecified atom stereocenters. The number of amidine groups is 1. The summed E-state index contributed by atoms with van der Waals surface area (Å²) in [4.78, 5) is 7.22. The molecule has 1 aromatic rings. The van der Waals surface area contributed by atoms with Crippen LogP contribution in [-0.4, -0.2) is 48.0 Å². The van der Waals surface area contributed by atoms with E-state index in [0.29, 0.717) is 11.6 Å². The Kier molecular flexibility index (Phi) is 4.55. The summed E-state index contributed by atoms with van der Waals surface area (Å²) in [5.74, 6) is 1.13. The molecule has 1 aliphatic heterocycles. The van der Waals surface area contributed by atoms with E-state index in [1.807, 2.05) is 11.8 Å². The number of hydrogen-bond acceptors (Lipinski definition) is 3. The average molecular weight is 303 g/mol. The topological polar surface area (TPSA) is 27.6 Å². The first kappa shape index (κ1) is 14.9. The third kappa shape index (κ3) is 3.43. The van der Waals surface area contributed by atoms with Crippen LogP contribution < -0.4 is 5.32 Å². The fraction of sp³-hybridized carbons (Fsp3) is 0.588. The highest BCUT2D eigenvalue weighted by molar-refractivity contribution is 8.14. The van der Waals surface area contributed by atoms with Crippen molar-refractivity contribution >= 4 is 16.9 Å². The predicted molar refractivity (Wildman–Crippen MR) is 92.1 cm³/mol. The Balaban J connectivity index is 1.53. The van der Waals surface area contributed by atoms with Gasteiger partial charge in [-0.25, -0.2) is 0 Å². The van der Waals surface area contributed by atoms with Crippen molar-refractivity contribution in [2.24, 2.45) is 4.99 Å². The summed E-state index contributed by atoms with van der Waals surface area (Å²) in [6.45, 7) is 0.938. The number of aliphatic imine (C=N–C) groups is 1. The largest absolute Gasteiger partial charge is 0.361 e. The summed E-state index contributed by atoms with van der Waals surface area (Å²) in [5, 5.41) is 4.74. The molecule has 0 amide bonds. The second-order valence-corrected chi connectivity index (χ2v) is 7.44. The summed E-state index contributed by atoms with van der Waals surface area (Å²) in [7, 11) is 4.37. The van der Waals surface area contributed by atoms with E-state index in [9.17, 15) is 0 Å². The zero-order valence-corrected chi connectivity index (χ0v) is 13.8. The van der Waals surface area contributed by atoms with Crippen LogP contribution in [-0.2, 0) is 6.42 Å². The van der Waals surface area contributed by atoms with Gasteiger partial charge in [-0.3, -0.25) is 4.99 Å². The van der Waals surface area contributed by atoms with Crippen LogP contribution in [0.15, 0.2) is 35.3 Å². The third-order valence-electron chi connectivity index (χ3n) is 4.82. The maximum Gasteiger partial charge on any atom is 0.156 e. The van der Waals surface area contributed by atoms with Gasteiger partial charge < -0.3 is 10.2 Å². The molecular formula is C17H25N3S. The molecule has 114 valence electrons. The maximum absolute atomic E-state index is 4.86. The highest BCUT2D eigenvalue weighted by atomic mass is 32.2.